The van der Waals surface area contributed by atoms with Crippen LogP contribution in [-0.2, 0) is 4.79 Å². The number of hydrogen-bond acceptors (Lipinski definition) is 4. The number of ether oxygens (including phenoxy) is 1. The first-order valence-electron chi connectivity index (χ1n) is 9.97. The maximum atomic E-state index is 12.6. The van der Waals surface area contributed by atoms with Gasteiger partial charge < -0.3 is 19.4 Å². The third kappa shape index (κ3) is 4.80. The molecule has 0 aliphatic carbocycles. The number of piperidine rings is 1. The van der Waals surface area contributed by atoms with Crippen LogP contribution in [0.15, 0.2) is 24.3 Å². The third-order valence-electron chi connectivity index (χ3n) is 5.74. The van der Waals surface area contributed by atoms with E-state index in [1.165, 1.54) is 6.42 Å². The fraction of sp³-hybridized carbons (Fsp3) is 0.619. The lowest BCUT2D eigenvalue weighted by atomic mass is 9.97. The van der Waals surface area contributed by atoms with Gasteiger partial charge in [-0.3, -0.25) is 9.59 Å². The third-order valence-corrected chi connectivity index (χ3v) is 5.74. The number of piperazine rings is 1. The summed E-state index contributed by atoms with van der Waals surface area (Å²) in [5.74, 6) is 0.713. The molecular formula is C21H31N3O3. The van der Waals surface area contributed by atoms with Crippen LogP contribution in [0, 0.1) is 0 Å². The first-order valence-corrected chi connectivity index (χ1v) is 9.97. The molecule has 0 N–H and O–H groups in total. The highest BCUT2D eigenvalue weighted by Crippen LogP contribution is 2.23. The van der Waals surface area contributed by atoms with E-state index >= 15 is 0 Å². The second-order valence-electron chi connectivity index (χ2n) is 7.84. The number of benzene rings is 1. The summed E-state index contributed by atoms with van der Waals surface area (Å²) in [5, 5.41) is 0. The average molecular weight is 373 g/mol. The minimum absolute atomic E-state index is 0.0345. The van der Waals surface area contributed by atoms with Crippen LogP contribution in [0.25, 0.3) is 0 Å². The van der Waals surface area contributed by atoms with Gasteiger partial charge in [0.2, 0.25) is 0 Å². The van der Waals surface area contributed by atoms with Crippen LogP contribution in [0.4, 0.5) is 0 Å². The van der Waals surface area contributed by atoms with Gasteiger partial charge in [0.1, 0.15) is 5.75 Å². The molecule has 2 heterocycles. The van der Waals surface area contributed by atoms with Gasteiger partial charge in [-0.1, -0.05) is 0 Å². The molecule has 2 aliphatic rings. The van der Waals surface area contributed by atoms with E-state index in [0.717, 1.165) is 39.0 Å². The number of nitrogens with zero attached hydrogens (tertiary/aromatic N) is 3. The molecule has 0 radical (unpaired) electrons. The van der Waals surface area contributed by atoms with Crippen LogP contribution in [0.5, 0.6) is 5.75 Å². The summed E-state index contributed by atoms with van der Waals surface area (Å²) in [5.41, 5.74) is 0.663. The summed E-state index contributed by atoms with van der Waals surface area (Å²) >= 11 is 0. The van der Waals surface area contributed by atoms with Crippen LogP contribution in [-0.4, -0.2) is 78.4 Å². The highest BCUT2D eigenvalue weighted by Gasteiger charge is 2.29. The fourth-order valence-electron chi connectivity index (χ4n) is 4.02. The smallest absolute Gasteiger partial charge is 0.260 e. The number of hydrogen-bond donors (Lipinski definition) is 0. The van der Waals surface area contributed by atoms with E-state index in [9.17, 15) is 9.59 Å². The Morgan fingerprint density at radius 2 is 1.59 bits per heavy atom. The van der Waals surface area contributed by atoms with Gasteiger partial charge in [-0.05, 0) is 64.4 Å². The molecule has 2 fully saturated rings. The van der Waals surface area contributed by atoms with Gasteiger partial charge in [-0.25, -0.2) is 0 Å². The molecule has 6 nitrogen and oxygen atoms in total. The van der Waals surface area contributed by atoms with Crippen LogP contribution < -0.4 is 4.74 Å². The van der Waals surface area contributed by atoms with Crippen molar-refractivity contribution in [2.45, 2.75) is 45.2 Å². The molecular weight excluding hydrogens is 342 g/mol. The molecule has 2 saturated heterocycles. The zero-order valence-electron chi connectivity index (χ0n) is 16.7. The molecule has 0 aromatic heterocycles. The zero-order valence-corrected chi connectivity index (χ0v) is 16.7. The van der Waals surface area contributed by atoms with Crippen molar-refractivity contribution in [2.75, 3.05) is 39.8 Å². The van der Waals surface area contributed by atoms with Gasteiger partial charge in [0.15, 0.2) is 6.61 Å². The summed E-state index contributed by atoms with van der Waals surface area (Å²) in [4.78, 5) is 31.2. The quantitative estimate of drug-likeness (QED) is 0.812. The number of amides is 2. The fourth-order valence-corrected chi connectivity index (χ4v) is 4.02. The summed E-state index contributed by atoms with van der Waals surface area (Å²) in [6, 6.07) is 7.67. The molecule has 2 unspecified atom stereocenters. The van der Waals surface area contributed by atoms with Crippen molar-refractivity contribution in [3.05, 3.63) is 29.8 Å². The molecule has 6 heteroatoms. The lowest BCUT2D eigenvalue weighted by Crippen LogP contribution is -2.49. The molecule has 3 rings (SSSR count). The van der Waals surface area contributed by atoms with Gasteiger partial charge in [0, 0.05) is 43.8 Å². The van der Waals surface area contributed by atoms with Crippen LogP contribution >= 0.6 is 0 Å². The molecule has 0 spiro atoms. The van der Waals surface area contributed by atoms with E-state index in [-0.39, 0.29) is 30.5 Å². The molecule has 2 atom stereocenters. The minimum atomic E-state index is 0.0345. The Labute approximate surface area is 162 Å². The lowest BCUT2D eigenvalue weighted by molar-refractivity contribution is -0.139. The second kappa shape index (κ2) is 8.74. The highest BCUT2D eigenvalue weighted by molar-refractivity contribution is 5.94. The largest absolute Gasteiger partial charge is 0.484 e. The van der Waals surface area contributed by atoms with Crippen molar-refractivity contribution >= 4 is 11.8 Å². The van der Waals surface area contributed by atoms with E-state index in [0.29, 0.717) is 11.3 Å². The van der Waals surface area contributed by atoms with E-state index in [2.05, 4.69) is 25.8 Å². The van der Waals surface area contributed by atoms with Crippen LogP contribution in [0.2, 0.25) is 0 Å². The summed E-state index contributed by atoms with van der Waals surface area (Å²) in [6.07, 6.45) is 3.29. The summed E-state index contributed by atoms with van der Waals surface area (Å²) < 4.78 is 5.69. The summed E-state index contributed by atoms with van der Waals surface area (Å²) in [6.45, 7) is 7.58. The Kier molecular flexibility index (Phi) is 6.37. The van der Waals surface area contributed by atoms with Crippen molar-refractivity contribution in [3.63, 3.8) is 0 Å². The molecule has 0 saturated carbocycles. The first kappa shape index (κ1) is 19.7. The maximum absolute atomic E-state index is 12.6. The minimum Gasteiger partial charge on any atom is -0.484 e. The van der Waals surface area contributed by atoms with E-state index in [4.69, 9.17) is 4.74 Å². The Morgan fingerprint density at radius 1 is 1.00 bits per heavy atom. The standard InChI is InChI=1S/C21H31N3O3/c1-16-5-4-6-17(2)24(16)20(25)15-27-19-9-7-18(8-10-19)21(26)23-13-11-22(3)12-14-23/h7-10,16-17H,4-6,11-15H2,1-3H3. The Hall–Kier alpha value is -2.08. The normalized spacial score (nSPS) is 24.0. The molecule has 1 aromatic rings. The van der Waals surface area contributed by atoms with Crippen molar-refractivity contribution in [1.82, 2.24) is 14.7 Å². The first-order chi connectivity index (χ1) is 13.0. The summed E-state index contributed by atoms with van der Waals surface area (Å²) in [7, 11) is 2.07. The monoisotopic (exact) mass is 373 g/mol. The van der Waals surface area contributed by atoms with Crippen LogP contribution in [0.1, 0.15) is 43.5 Å². The number of carbonyl (C=O) groups excluding carboxylic acids is 2. The van der Waals surface area contributed by atoms with Crippen molar-refractivity contribution in [3.8, 4) is 5.75 Å². The van der Waals surface area contributed by atoms with E-state index in [1.807, 2.05) is 9.80 Å². The van der Waals surface area contributed by atoms with Gasteiger partial charge in [0.25, 0.3) is 11.8 Å². The van der Waals surface area contributed by atoms with E-state index < -0.39 is 0 Å². The highest BCUT2D eigenvalue weighted by atomic mass is 16.5. The van der Waals surface area contributed by atoms with Gasteiger partial charge in [0.05, 0.1) is 0 Å². The number of likely N-dealkylation sites (N-methyl/N-ethyl adjacent to an activating group) is 1. The molecule has 0 bridgehead atoms. The Balaban J connectivity index is 1.53. The molecule has 2 amide bonds. The van der Waals surface area contributed by atoms with E-state index in [1.54, 1.807) is 24.3 Å². The van der Waals surface area contributed by atoms with Gasteiger partial charge in [-0.15, -0.1) is 0 Å². The SMILES string of the molecule is CC1CCCC(C)N1C(=O)COc1ccc(C(=O)N2CCN(C)CC2)cc1. The molecule has 1 aromatic carbocycles. The molecule has 27 heavy (non-hydrogen) atoms. The Morgan fingerprint density at radius 3 is 2.19 bits per heavy atom. The topological polar surface area (TPSA) is 53.1 Å². The predicted molar refractivity (Wildman–Crippen MR) is 105 cm³/mol. The Bertz CT molecular complexity index is 643. The average Bonchev–Trinajstić information content (AvgIpc) is 2.67. The van der Waals surface area contributed by atoms with Crippen molar-refractivity contribution in [2.24, 2.45) is 0 Å². The number of likely N-dealkylation sites (tertiary alicyclic amines) is 1. The lowest BCUT2D eigenvalue weighted by Gasteiger charge is -2.38. The maximum Gasteiger partial charge on any atom is 0.260 e. The van der Waals surface area contributed by atoms with Crippen LogP contribution in [0.3, 0.4) is 0 Å². The van der Waals surface area contributed by atoms with Crippen molar-refractivity contribution < 1.29 is 14.3 Å². The van der Waals surface area contributed by atoms with Crippen molar-refractivity contribution in [1.29, 1.82) is 0 Å². The number of rotatable bonds is 4. The molecule has 2 aliphatic heterocycles. The second-order valence-corrected chi connectivity index (χ2v) is 7.84. The predicted octanol–water partition coefficient (Wildman–Crippen LogP) is 2.24. The number of carbonyl (C=O) groups is 2. The molecule has 148 valence electrons. The van der Waals surface area contributed by atoms with Gasteiger partial charge >= 0.3 is 0 Å². The van der Waals surface area contributed by atoms with Gasteiger partial charge in [-0.2, -0.15) is 0 Å². The zero-order chi connectivity index (χ0) is 19.4.